The zero-order chi connectivity index (χ0) is 17.6. The number of ether oxygens (including phenoxy) is 1. The quantitative estimate of drug-likeness (QED) is 0.824. The van der Waals surface area contributed by atoms with E-state index in [1.807, 2.05) is 61.5 Å². The van der Waals surface area contributed by atoms with Crippen LogP contribution in [0.4, 0.5) is 5.69 Å². The van der Waals surface area contributed by atoms with Crippen LogP contribution in [-0.4, -0.2) is 24.9 Å². The van der Waals surface area contributed by atoms with Gasteiger partial charge in [0.15, 0.2) is 0 Å². The van der Waals surface area contributed by atoms with Gasteiger partial charge in [0.25, 0.3) is 0 Å². The number of benzene rings is 2. The molecule has 25 heavy (non-hydrogen) atoms. The second-order valence-electron chi connectivity index (χ2n) is 5.99. The molecule has 2 aromatic carbocycles. The van der Waals surface area contributed by atoms with E-state index in [1.54, 1.807) is 4.90 Å². The van der Waals surface area contributed by atoms with Gasteiger partial charge in [0.1, 0.15) is 18.3 Å². The van der Waals surface area contributed by atoms with Gasteiger partial charge in [-0.25, -0.2) is 0 Å². The third kappa shape index (κ3) is 3.99. The van der Waals surface area contributed by atoms with Crippen molar-refractivity contribution in [1.82, 2.24) is 5.32 Å². The van der Waals surface area contributed by atoms with Crippen LogP contribution in [0.15, 0.2) is 54.6 Å². The lowest BCUT2D eigenvalue weighted by Gasteiger charge is -2.17. The minimum absolute atomic E-state index is 0.135. The Balaban J connectivity index is 1.61. The molecule has 2 aromatic rings. The summed E-state index contributed by atoms with van der Waals surface area (Å²) in [5, 5.41) is 2.72. The van der Waals surface area contributed by atoms with Crippen LogP contribution in [0.25, 0.3) is 0 Å². The first kappa shape index (κ1) is 17.0. The zero-order valence-electron chi connectivity index (χ0n) is 14.3. The Hall–Kier alpha value is -2.82. The molecule has 1 heterocycles. The summed E-state index contributed by atoms with van der Waals surface area (Å²) in [4.78, 5) is 26.0. The summed E-state index contributed by atoms with van der Waals surface area (Å²) in [6.07, 6.45) is 0.553. The van der Waals surface area contributed by atoms with E-state index in [4.69, 9.17) is 4.74 Å². The number of nitrogens with one attached hydrogen (secondary N) is 1. The van der Waals surface area contributed by atoms with Crippen molar-refractivity contribution < 1.29 is 14.3 Å². The molecule has 1 saturated heterocycles. The average Bonchev–Trinajstić information content (AvgIpc) is 3.03. The van der Waals surface area contributed by atoms with Crippen LogP contribution >= 0.6 is 0 Å². The number of rotatable bonds is 6. The molecule has 1 atom stereocenters. The standard InChI is InChI=1S/C20H22N2O3/c1-2-21-19(23)18-12-13-22(20(18)24)16-8-10-17(11-9-16)25-14-15-6-4-3-5-7-15/h3-11,18H,2,12-14H2,1H3,(H,21,23)/t18-/m0/s1. The van der Waals surface area contributed by atoms with Gasteiger partial charge in [0.05, 0.1) is 0 Å². The van der Waals surface area contributed by atoms with E-state index < -0.39 is 5.92 Å². The third-order valence-corrected chi connectivity index (χ3v) is 4.27. The Labute approximate surface area is 147 Å². The molecule has 0 aliphatic carbocycles. The Bertz CT molecular complexity index is 728. The Kier molecular flexibility index (Phi) is 5.33. The predicted octanol–water partition coefficient (Wildman–Crippen LogP) is 2.75. The Morgan fingerprint density at radius 3 is 2.56 bits per heavy atom. The van der Waals surface area contributed by atoms with Crippen molar-refractivity contribution in [2.45, 2.75) is 20.0 Å². The van der Waals surface area contributed by atoms with E-state index in [-0.39, 0.29) is 11.8 Å². The molecule has 3 rings (SSSR count). The second-order valence-corrected chi connectivity index (χ2v) is 5.99. The van der Waals surface area contributed by atoms with Crippen LogP contribution < -0.4 is 15.0 Å². The highest BCUT2D eigenvalue weighted by atomic mass is 16.5. The molecule has 0 unspecified atom stereocenters. The van der Waals surface area contributed by atoms with Crippen LogP contribution in [0.3, 0.4) is 0 Å². The minimum atomic E-state index is -0.575. The number of carbonyl (C=O) groups excluding carboxylic acids is 2. The molecule has 130 valence electrons. The number of carbonyl (C=O) groups is 2. The van der Waals surface area contributed by atoms with Crippen LogP contribution in [0.1, 0.15) is 18.9 Å². The molecule has 0 aromatic heterocycles. The van der Waals surface area contributed by atoms with Crippen molar-refractivity contribution in [3.8, 4) is 5.75 Å². The summed E-state index contributed by atoms with van der Waals surface area (Å²) in [7, 11) is 0. The Morgan fingerprint density at radius 2 is 1.88 bits per heavy atom. The van der Waals surface area contributed by atoms with Crippen molar-refractivity contribution in [1.29, 1.82) is 0 Å². The van der Waals surface area contributed by atoms with Gasteiger partial charge >= 0.3 is 0 Å². The van der Waals surface area contributed by atoms with Crippen molar-refractivity contribution in [2.24, 2.45) is 5.92 Å². The summed E-state index contributed by atoms with van der Waals surface area (Å²) in [6, 6.07) is 17.4. The van der Waals surface area contributed by atoms with E-state index in [1.165, 1.54) is 0 Å². The normalized spacial score (nSPS) is 16.8. The molecule has 1 fully saturated rings. The van der Waals surface area contributed by atoms with Gasteiger partial charge in [-0.3, -0.25) is 9.59 Å². The average molecular weight is 338 g/mol. The summed E-state index contributed by atoms with van der Waals surface area (Å²) in [5.74, 6) is -0.143. The van der Waals surface area contributed by atoms with Crippen LogP contribution in [0.2, 0.25) is 0 Å². The van der Waals surface area contributed by atoms with Gasteiger partial charge in [0.2, 0.25) is 11.8 Å². The third-order valence-electron chi connectivity index (χ3n) is 4.27. The summed E-state index contributed by atoms with van der Waals surface area (Å²) >= 11 is 0. The van der Waals surface area contributed by atoms with Gasteiger partial charge in [-0.05, 0) is 43.2 Å². The number of anilines is 1. The molecular formula is C20H22N2O3. The minimum Gasteiger partial charge on any atom is -0.489 e. The molecule has 1 aliphatic heterocycles. The number of nitrogens with zero attached hydrogens (tertiary/aromatic N) is 1. The van der Waals surface area contributed by atoms with Crippen molar-refractivity contribution in [3.63, 3.8) is 0 Å². The Morgan fingerprint density at radius 1 is 1.16 bits per heavy atom. The number of hydrogen-bond acceptors (Lipinski definition) is 3. The van der Waals surface area contributed by atoms with E-state index in [0.29, 0.717) is 26.1 Å². The van der Waals surface area contributed by atoms with Crippen LogP contribution in [0, 0.1) is 5.92 Å². The molecule has 2 amide bonds. The molecule has 5 heteroatoms. The first-order chi connectivity index (χ1) is 12.2. The molecule has 1 N–H and O–H groups in total. The summed E-state index contributed by atoms with van der Waals surface area (Å²) in [5.41, 5.74) is 1.90. The van der Waals surface area contributed by atoms with E-state index >= 15 is 0 Å². The van der Waals surface area contributed by atoms with Crippen molar-refractivity contribution in [3.05, 3.63) is 60.2 Å². The fourth-order valence-electron chi connectivity index (χ4n) is 2.94. The fourth-order valence-corrected chi connectivity index (χ4v) is 2.94. The highest BCUT2D eigenvalue weighted by Crippen LogP contribution is 2.27. The first-order valence-electron chi connectivity index (χ1n) is 8.55. The van der Waals surface area contributed by atoms with Gasteiger partial charge in [-0.2, -0.15) is 0 Å². The summed E-state index contributed by atoms with van der Waals surface area (Å²) in [6.45, 7) is 3.45. The molecule has 0 bridgehead atoms. The molecule has 0 spiro atoms. The fraction of sp³-hybridized carbons (Fsp3) is 0.300. The topological polar surface area (TPSA) is 58.6 Å². The van der Waals surface area contributed by atoms with Gasteiger partial charge in [0, 0.05) is 18.8 Å². The zero-order valence-corrected chi connectivity index (χ0v) is 14.3. The molecular weight excluding hydrogens is 316 g/mol. The first-order valence-corrected chi connectivity index (χ1v) is 8.55. The summed E-state index contributed by atoms with van der Waals surface area (Å²) < 4.78 is 5.76. The molecule has 5 nitrogen and oxygen atoms in total. The predicted molar refractivity (Wildman–Crippen MR) is 96.4 cm³/mol. The van der Waals surface area contributed by atoms with Crippen LogP contribution in [-0.2, 0) is 16.2 Å². The second kappa shape index (κ2) is 7.83. The maximum absolute atomic E-state index is 12.5. The van der Waals surface area contributed by atoms with Crippen molar-refractivity contribution >= 4 is 17.5 Å². The van der Waals surface area contributed by atoms with E-state index in [2.05, 4.69) is 5.32 Å². The lowest BCUT2D eigenvalue weighted by atomic mass is 10.1. The molecule has 1 aliphatic rings. The van der Waals surface area contributed by atoms with E-state index in [9.17, 15) is 9.59 Å². The lowest BCUT2D eigenvalue weighted by Crippen LogP contribution is -2.36. The highest BCUT2D eigenvalue weighted by molar-refractivity contribution is 6.09. The molecule has 0 saturated carbocycles. The van der Waals surface area contributed by atoms with Gasteiger partial charge in [-0.1, -0.05) is 30.3 Å². The number of hydrogen-bond donors (Lipinski definition) is 1. The monoisotopic (exact) mass is 338 g/mol. The smallest absolute Gasteiger partial charge is 0.239 e. The SMILES string of the molecule is CCNC(=O)[C@@H]1CCN(c2ccc(OCc3ccccc3)cc2)C1=O. The maximum atomic E-state index is 12.5. The highest BCUT2D eigenvalue weighted by Gasteiger charge is 2.37. The van der Waals surface area contributed by atoms with E-state index in [0.717, 1.165) is 17.0 Å². The molecule has 0 radical (unpaired) electrons. The van der Waals surface area contributed by atoms with Gasteiger partial charge < -0.3 is 15.0 Å². The number of amides is 2. The largest absolute Gasteiger partial charge is 0.489 e. The maximum Gasteiger partial charge on any atom is 0.239 e. The van der Waals surface area contributed by atoms with Crippen molar-refractivity contribution in [2.75, 3.05) is 18.0 Å². The van der Waals surface area contributed by atoms with Gasteiger partial charge in [-0.15, -0.1) is 0 Å². The lowest BCUT2D eigenvalue weighted by molar-refractivity contribution is -0.132. The van der Waals surface area contributed by atoms with Crippen LogP contribution in [0.5, 0.6) is 5.75 Å².